The summed E-state index contributed by atoms with van der Waals surface area (Å²) in [6, 6.07) is 15.4. The highest BCUT2D eigenvalue weighted by Crippen LogP contribution is 2.59. The van der Waals surface area contributed by atoms with Crippen LogP contribution in [0.3, 0.4) is 0 Å². The van der Waals surface area contributed by atoms with E-state index in [1.165, 1.54) is 9.80 Å². The van der Waals surface area contributed by atoms with Gasteiger partial charge in [0.1, 0.15) is 29.9 Å². The second kappa shape index (κ2) is 14.1. The lowest BCUT2D eigenvalue weighted by molar-refractivity contribution is -0.160. The predicted octanol–water partition coefficient (Wildman–Crippen LogP) is 2.14. The number of aliphatic hydroxyl groups is 1. The largest absolute Gasteiger partial charge is 0.455 e. The number of para-hydroxylation sites is 1. The van der Waals surface area contributed by atoms with E-state index in [1.54, 1.807) is 29.0 Å². The minimum absolute atomic E-state index is 0.0376. The Labute approximate surface area is 278 Å². The summed E-state index contributed by atoms with van der Waals surface area (Å²) in [5, 5.41) is 21.2. The van der Waals surface area contributed by atoms with Crippen molar-refractivity contribution in [2.24, 2.45) is 11.8 Å². The van der Waals surface area contributed by atoms with E-state index in [0.29, 0.717) is 30.3 Å². The molecule has 3 saturated heterocycles. The second-order valence-corrected chi connectivity index (χ2v) is 12.3. The van der Waals surface area contributed by atoms with Crippen LogP contribution in [-0.2, 0) is 35.3 Å². The Kier molecular flexibility index (Phi) is 9.69. The molecule has 48 heavy (non-hydrogen) atoms. The van der Waals surface area contributed by atoms with E-state index in [-0.39, 0.29) is 45.2 Å². The van der Waals surface area contributed by atoms with Crippen LogP contribution < -0.4 is 5.32 Å². The van der Waals surface area contributed by atoms with Crippen molar-refractivity contribution in [3.63, 3.8) is 0 Å². The molecule has 4 heterocycles. The van der Waals surface area contributed by atoms with Crippen LogP contribution in [0.25, 0.3) is 11.0 Å². The highest BCUT2D eigenvalue weighted by molar-refractivity contribution is 5.98. The number of fused-ring (bicyclic) bond motifs is 2. The van der Waals surface area contributed by atoms with Crippen molar-refractivity contribution >= 4 is 34.7 Å². The Bertz CT molecular complexity index is 1690. The van der Waals surface area contributed by atoms with Gasteiger partial charge in [0.05, 0.1) is 36.6 Å². The lowest BCUT2D eigenvalue weighted by Crippen LogP contribution is -2.56. The maximum absolute atomic E-state index is 14.5. The van der Waals surface area contributed by atoms with E-state index in [0.717, 1.165) is 5.52 Å². The number of ether oxygens (including phenoxy) is 2. The van der Waals surface area contributed by atoms with Gasteiger partial charge in [0, 0.05) is 19.5 Å². The Balaban J connectivity index is 1.27. The predicted molar refractivity (Wildman–Crippen MR) is 174 cm³/mol. The number of amides is 3. The molecule has 0 unspecified atom stereocenters. The van der Waals surface area contributed by atoms with Gasteiger partial charge in [-0.1, -0.05) is 59.8 Å². The van der Waals surface area contributed by atoms with Gasteiger partial charge in [-0.3, -0.25) is 19.2 Å². The number of rotatable bonds is 15. The zero-order valence-electron chi connectivity index (χ0n) is 26.6. The van der Waals surface area contributed by atoms with Crippen LogP contribution in [0.15, 0.2) is 79.9 Å². The number of nitrogens with one attached hydrogen (secondary N) is 1. The van der Waals surface area contributed by atoms with Gasteiger partial charge in [0.2, 0.25) is 17.7 Å². The van der Waals surface area contributed by atoms with Gasteiger partial charge in [-0.25, -0.2) is 4.68 Å². The van der Waals surface area contributed by atoms with Crippen LogP contribution in [0, 0.1) is 11.8 Å². The quantitative estimate of drug-likeness (QED) is 0.185. The third-order valence-electron chi connectivity index (χ3n) is 9.52. The van der Waals surface area contributed by atoms with Crippen molar-refractivity contribution in [1.29, 1.82) is 0 Å². The molecule has 6 atom stereocenters. The van der Waals surface area contributed by atoms with E-state index in [1.807, 2.05) is 42.5 Å². The Morgan fingerprint density at radius 2 is 1.92 bits per heavy atom. The van der Waals surface area contributed by atoms with Gasteiger partial charge < -0.3 is 29.7 Å². The van der Waals surface area contributed by atoms with Gasteiger partial charge in [0.15, 0.2) is 0 Å². The van der Waals surface area contributed by atoms with E-state index < -0.39 is 53.5 Å². The van der Waals surface area contributed by atoms with Crippen molar-refractivity contribution in [1.82, 2.24) is 30.1 Å². The maximum atomic E-state index is 14.5. The number of carbonyl (C=O) groups is 4. The zero-order chi connectivity index (χ0) is 33.8. The molecule has 3 aliphatic rings. The third kappa shape index (κ3) is 5.99. The normalized spacial score (nSPS) is 24.7. The number of carbonyl (C=O) groups excluding carboxylic acids is 4. The molecule has 6 rings (SSSR count). The minimum atomic E-state index is -1.29. The lowest BCUT2D eigenvalue weighted by atomic mass is 9.70. The summed E-state index contributed by atoms with van der Waals surface area (Å²) in [6.45, 7) is 7.21. The molecular formula is C35H40N6O7. The molecule has 1 aromatic heterocycles. The summed E-state index contributed by atoms with van der Waals surface area (Å²) >= 11 is 0. The van der Waals surface area contributed by atoms with Crippen molar-refractivity contribution in [3.05, 3.63) is 85.5 Å². The maximum Gasteiger partial charge on any atom is 0.313 e. The van der Waals surface area contributed by atoms with Gasteiger partial charge in [-0.2, -0.15) is 0 Å². The number of β-amino-alcohol motifs (C(OH)–C–C–N with tert-alkyl or cyclic N) is 1. The van der Waals surface area contributed by atoms with E-state index >= 15 is 0 Å². The van der Waals surface area contributed by atoms with Gasteiger partial charge in [0.25, 0.3) is 0 Å². The van der Waals surface area contributed by atoms with Crippen molar-refractivity contribution in [3.8, 4) is 0 Å². The number of hydrogen-bond acceptors (Lipinski definition) is 9. The molecule has 3 aromatic rings. The number of allylic oxidation sites excluding steroid dienone is 1. The number of esters is 1. The summed E-state index contributed by atoms with van der Waals surface area (Å²) in [5.41, 5.74) is 0.796. The van der Waals surface area contributed by atoms with Crippen molar-refractivity contribution in [2.45, 2.75) is 56.2 Å². The average molecular weight is 657 g/mol. The molecule has 0 saturated carbocycles. The smallest absolute Gasteiger partial charge is 0.313 e. The zero-order valence-corrected chi connectivity index (χ0v) is 26.6. The van der Waals surface area contributed by atoms with Crippen LogP contribution in [0.5, 0.6) is 0 Å². The highest BCUT2D eigenvalue weighted by atomic mass is 16.6. The number of hydrogen-bond donors (Lipinski definition) is 2. The van der Waals surface area contributed by atoms with Crippen LogP contribution in [0.2, 0.25) is 0 Å². The van der Waals surface area contributed by atoms with Gasteiger partial charge >= 0.3 is 5.97 Å². The molecule has 3 fully saturated rings. The molecule has 2 N–H and O–H groups in total. The molecule has 1 spiro atoms. The molecule has 3 amide bonds. The Morgan fingerprint density at radius 1 is 1.15 bits per heavy atom. The first-order valence-electron chi connectivity index (χ1n) is 16.2. The first-order chi connectivity index (χ1) is 23.3. The number of aliphatic hydroxyl groups excluding tert-OH is 1. The summed E-state index contributed by atoms with van der Waals surface area (Å²) in [6.07, 6.45) is 3.39. The molecule has 0 aliphatic carbocycles. The van der Waals surface area contributed by atoms with Crippen molar-refractivity contribution < 1.29 is 33.8 Å². The molecule has 13 nitrogen and oxygen atoms in total. The summed E-state index contributed by atoms with van der Waals surface area (Å²) < 4.78 is 14.2. The Morgan fingerprint density at radius 3 is 2.67 bits per heavy atom. The SMILES string of the molecule is C=CCCC(=O)NC[C@@H](OC(=O)[C@@H]1[C@@H]2CC[C@]3(O2)[C@H](C(=O)N(CC=C)Cn2nnc4ccccc42)N(CCO)C(=O)[C@@H]13)c1ccccc1. The second-order valence-electron chi connectivity index (χ2n) is 12.3. The van der Waals surface area contributed by atoms with Gasteiger partial charge in [-0.05, 0) is 37.0 Å². The van der Waals surface area contributed by atoms with E-state index in [9.17, 15) is 24.3 Å². The van der Waals surface area contributed by atoms with Crippen LogP contribution in [0.1, 0.15) is 37.4 Å². The summed E-state index contributed by atoms with van der Waals surface area (Å²) in [4.78, 5) is 58.0. The minimum Gasteiger partial charge on any atom is -0.455 e. The molecule has 2 aromatic carbocycles. The van der Waals surface area contributed by atoms with Crippen LogP contribution >= 0.6 is 0 Å². The number of aromatic nitrogens is 3. The molecular weight excluding hydrogens is 616 g/mol. The van der Waals surface area contributed by atoms with Crippen molar-refractivity contribution in [2.75, 3.05) is 26.2 Å². The van der Waals surface area contributed by atoms with Crippen LogP contribution in [-0.4, -0.2) is 97.6 Å². The molecule has 0 radical (unpaired) electrons. The topological polar surface area (TPSA) is 156 Å². The third-order valence-corrected chi connectivity index (χ3v) is 9.52. The first-order valence-corrected chi connectivity index (χ1v) is 16.2. The molecule has 2 bridgehead atoms. The van der Waals surface area contributed by atoms with Gasteiger partial charge in [-0.15, -0.1) is 18.3 Å². The fraction of sp³-hybridized carbons (Fsp3) is 0.429. The summed E-state index contributed by atoms with van der Waals surface area (Å²) in [5.74, 6) is -3.64. The molecule has 252 valence electrons. The monoisotopic (exact) mass is 656 g/mol. The number of nitrogens with zero attached hydrogens (tertiary/aromatic N) is 5. The average Bonchev–Trinajstić information content (AvgIpc) is 3.85. The standard InChI is InChI=1S/C35H40N6O7/c1-3-5-15-28(43)36-21-27(23-11-7-6-8-12-23)47-34(46)29-26-16-17-35(48-26)30(29)32(44)40(19-20-42)31(35)33(45)39(18-4-2)22-41-25-14-10-9-13-24(25)37-38-41/h3-4,6-14,26-27,29-31,42H,1-2,5,15-22H2,(H,36,43)/t26-,27+,29+,30+,31-,35+/m0/s1. The molecule has 13 heteroatoms. The highest BCUT2D eigenvalue weighted by Gasteiger charge is 2.75. The Hall–Kier alpha value is -4.88. The fourth-order valence-electron chi connectivity index (χ4n) is 7.42. The number of benzene rings is 2. The summed E-state index contributed by atoms with van der Waals surface area (Å²) in [7, 11) is 0. The van der Waals surface area contributed by atoms with E-state index in [4.69, 9.17) is 9.47 Å². The van der Waals surface area contributed by atoms with Crippen LogP contribution in [0.4, 0.5) is 0 Å². The number of likely N-dealkylation sites (tertiary alicyclic amines) is 1. The van der Waals surface area contributed by atoms with E-state index in [2.05, 4.69) is 28.8 Å². The first kappa shape index (κ1) is 33.0. The lowest BCUT2D eigenvalue weighted by Gasteiger charge is -2.36. The fourth-order valence-corrected chi connectivity index (χ4v) is 7.42. The molecule has 3 aliphatic heterocycles.